The van der Waals surface area contributed by atoms with E-state index in [-0.39, 0.29) is 28.7 Å². The molecule has 1 radical (unpaired) electrons. The standard InChI is InChI=1S/C18H18N2O4/c1-23-11-6-7-15-14(10-11)18-13(8-9-24-18)17(19-15)12-4-2-3-5-16(12)20(21)22/h2-7,10,13,17-19H,8-9H2,1H3/q+1. The number of benzene rings is 2. The second-order valence-corrected chi connectivity index (χ2v) is 6.14. The largest absolute Gasteiger partial charge is 0.497 e. The van der Waals surface area contributed by atoms with E-state index in [1.54, 1.807) is 19.2 Å². The minimum atomic E-state index is -0.314. The van der Waals surface area contributed by atoms with E-state index >= 15 is 0 Å². The van der Waals surface area contributed by atoms with Crippen LogP contribution in [-0.2, 0) is 4.74 Å². The summed E-state index contributed by atoms with van der Waals surface area (Å²) in [5.41, 5.74) is 2.87. The number of nitro groups is 1. The minimum absolute atomic E-state index is 0.0684. The molecule has 2 heterocycles. The molecule has 0 aromatic heterocycles. The van der Waals surface area contributed by atoms with Crippen molar-refractivity contribution < 1.29 is 19.7 Å². The predicted molar refractivity (Wildman–Crippen MR) is 86.3 cm³/mol. The SMILES string of the molecule is COc1ccc2c(c1)C1OCCC1C(c1ccccc1[N+](=O)[O-])[NH+]2. The molecule has 2 aromatic rings. The number of nitrogens with one attached hydrogen (secondary N) is 1. The molecule has 6 nitrogen and oxygen atoms in total. The van der Waals surface area contributed by atoms with Crippen LogP contribution in [0.3, 0.4) is 0 Å². The molecule has 2 aliphatic heterocycles. The second kappa shape index (κ2) is 5.89. The lowest BCUT2D eigenvalue weighted by Gasteiger charge is -2.29. The molecule has 24 heavy (non-hydrogen) atoms. The fourth-order valence-electron chi connectivity index (χ4n) is 3.80. The van der Waals surface area contributed by atoms with E-state index in [4.69, 9.17) is 9.47 Å². The summed E-state index contributed by atoms with van der Waals surface area (Å²) in [6.45, 7) is 0.658. The highest BCUT2D eigenvalue weighted by Crippen LogP contribution is 2.47. The third kappa shape index (κ3) is 2.35. The zero-order chi connectivity index (χ0) is 16.7. The molecular formula is C18H18N2O4+. The van der Waals surface area contributed by atoms with Gasteiger partial charge < -0.3 is 9.47 Å². The number of methoxy groups -OCH3 is 1. The van der Waals surface area contributed by atoms with Crippen molar-refractivity contribution in [1.82, 2.24) is 0 Å². The Morgan fingerprint density at radius 2 is 2.08 bits per heavy atom. The molecule has 0 amide bonds. The summed E-state index contributed by atoms with van der Waals surface area (Å²) in [5, 5.41) is 14.9. The van der Waals surface area contributed by atoms with Crippen LogP contribution in [0.1, 0.15) is 29.7 Å². The molecule has 6 heteroatoms. The van der Waals surface area contributed by atoms with Crippen LogP contribution in [0.25, 0.3) is 0 Å². The van der Waals surface area contributed by atoms with Gasteiger partial charge in [-0.15, -0.1) is 5.32 Å². The van der Waals surface area contributed by atoms with Gasteiger partial charge in [0.2, 0.25) is 0 Å². The lowest BCUT2D eigenvalue weighted by atomic mass is 9.80. The van der Waals surface area contributed by atoms with Crippen molar-refractivity contribution in [2.45, 2.75) is 18.6 Å². The maximum Gasteiger partial charge on any atom is 0.278 e. The summed E-state index contributed by atoms with van der Waals surface area (Å²) < 4.78 is 11.3. The predicted octanol–water partition coefficient (Wildman–Crippen LogP) is 2.42. The number of nitro benzene ring substituents is 1. The molecule has 2 aliphatic rings. The van der Waals surface area contributed by atoms with Crippen LogP contribution < -0.4 is 10.1 Å². The molecule has 0 bridgehead atoms. The van der Waals surface area contributed by atoms with Crippen LogP contribution in [0.5, 0.6) is 5.75 Å². The number of hydrogen-bond donors (Lipinski definition) is 1. The zero-order valence-corrected chi connectivity index (χ0v) is 13.3. The van der Waals surface area contributed by atoms with E-state index in [1.165, 1.54) is 0 Å². The maximum atomic E-state index is 11.4. The number of nitrogens with zero attached hydrogens (tertiary/aromatic N) is 1. The summed E-state index contributed by atoms with van der Waals surface area (Å²) in [5.74, 6) is 0.944. The van der Waals surface area contributed by atoms with Gasteiger partial charge in [0.1, 0.15) is 5.75 Å². The molecule has 0 spiro atoms. The minimum Gasteiger partial charge on any atom is -0.497 e. The van der Waals surface area contributed by atoms with Gasteiger partial charge in [-0.05, 0) is 24.6 Å². The van der Waals surface area contributed by atoms with Gasteiger partial charge >= 0.3 is 0 Å². The molecule has 1 fully saturated rings. The number of ether oxygens (including phenoxy) is 2. The van der Waals surface area contributed by atoms with Crippen molar-refractivity contribution in [3.63, 3.8) is 0 Å². The quantitative estimate of drug-likeness (QED) is 0.694. The summed E-state index contributed by atoms with van der Waals surface area (Å²) >= 11 is 0. The van der Waals surface area contributed by atoms with Gasteiger partial charge in [-0.3, -0.25) is 10.1 Å². The highest BCUT2D eigenvalue weighted by Gasteiger charge is 2.48. The van der Waals surface area contributed by atoms with Crippen molar-refractivity contribution in [3.05, 3.63) is 63.7 Å². The van der Waals surface area contributed by atoms with Gasteiger partial charge in [-0.1, -0.05) is 12.1 Å². The van der Waals surface area contributed by atoms with Crippen molar-refractivity contribution in [2.75, 3.05) is 13.7 Å². The lowest BCUT2D eigenvalue weighted by Crippen LogP contribution is -2.83. The van der Waals surface area contributed by atoms with Gasteiger partial charge in [-0.25, -0.2) is 0 Å². The molecule has 3 unspecified atom stereocenters. The first kappa shape index (κ1) is 15.1. The van der Waals surface area contributed by atoms with Crippen LogP contribution in [-0.4, -0.2) is 18.6 Å². The maximum absolute atomic E-state index is 11.4. The third-order valence-electron chi connectivity index (χ3n) is 4.91. The zero-order valence-electron chi connectivity index (χ0n) is 13.3. The molecule has 3 atom stereocenters. The summed E-state index contributed by atoms with van der Waals surface area (Å²) in [6, 6.07) is 12.6. The van der Waals surface area contributed by atoms with Crippen LogP contribution in [0.15, 0.2) is 42.5 Å². The topological polar surface area (TPSA) is 77.2 Å². The van der Waals surface area contributed by atoms with E-state index in [9.17, 15) is 10.1 Å². The monoisotopic (exact) mass is 326 g/mol. The first-order valence-electron chi connectivity index (χ1n) is 7.98. The molecule has 0 aliphatic carbocycles. The molecule has 0 saturated carbocycles. The summed E-state index contributed by atoms with van der Waals surface area (Å²) in [6.07, 6.45) is 0.798. The number of anilines is 1. The van der Waals surface area contributed by atoms with Gasteiger partial charge in [0.25, 0.3) is 5.69 Å². The number of fused-ring (bicyclic) bond motifs is 3. The van der Waals surface area contributed by atoms with Crippen LogP contribution >= 0.6 is 0 Å². The Labute approximate surface area is 139 Å². The molecule has 1 N–H and O–H groups in total. The Morgan fingerprint density at radius 3 is 2.88 bits per heavy atom. The normalized spacial score (nSPS) is 25.0. The van der Waals surface area contributed by atoms with Crippen LogP contribution in [0.4, 0.5) is 11.4 Å². The van der Waals surface area contributed by atoms with Gasteiger partial charge in [0, 0.05) is 18.7 Å². The highest BCUT2D eigenvalue weighted by atomic mass is 16.6. The summed E-state index contributed by atoms with van der Waals surface area (Å²) in [4.78, 5) is 11.1. The Bertz CT molecular complexity index is 792. The van der Waals surface area contributed by atoms with E-state index in [2.05, 4.69) is 5.32 Å². The first-order chi connectivity index (χ1) is 11.7. The highest BCUT2D eigenvalue weighted by molar-refractivity contribution is 5.50. The van der Waals surface area contributed by atoms with Gasteiger partial charge in [-0.2, -0.15) is 0 Å². The number of rotatable bonds is 3. The van der Waals surface area contributed by atoms with E-state index in [0.717, 1.165) is 23.4 Å². The average molecular weight is 326 g/mol. The van der Waals surface area contributed by atoms with Gasteiger partial charge in [0.05, 0.1) is 35.2 Å². The van der Waals surface area contributed by atoms with E-state index < -0.39 is 0 Å². The Morgan fingerprint density at radius 1 is 1.25 bits per heavy atom. The molecule has 1 saturated heterocycles. The molecule has 2 aromatic carbocycles. The molecule has 4 rings (SSSR count). The van der Waals surface area contributed by atoms with Crippen molar-refractivity contribution >= 4 is 11.4 Å². The Hall–Kier alpha value is -2.44. The average Bonchev–Trinajstić information content (AvgIpc) is 3.10. The smallest absolute Gasteiger partial charge is 0.278 e. The molecule has 123 valence electrons. The second-order valence-electron chi connectivity index (χ2n) is 6.14. The number of hydrogen-bond acceptors (Lipinski definition) is 5. The van der Waals surface area contributed by atoms with Crippen LogP contribution in [0.2, 0.25) is 0 Å². The fraction of sp³-hybridized carbons (Fsp3) is 0.333. The Balaban J connectivity index is 1.80. The van der Waals surface area contributed by atoms with Crippen molar-refractivity contribution in [3.8, 4) is 5.75 Å². The van der Waals surface area contributed by atoms with Crippen molar-refractivity contribution in [2.24, 2.45) is 5.92 Å². The molecular weight excluding hydrogens is 308 g/mol. The van der Waals surface area contributed by atoms with Crippen LogP contribution in [0, 0.1) is 16.0 Å². The summed E-state index contributed by atoms with van der Waals surface area (Å²) in [7, 11) is 1.64. The lowest BCUT2D eigenvalue weighted by molar-refractivity contribution is -0.634. The third-order valence-corrected chi connectivity index (χ3v) is 4.91. The first-order valence-corrected chi connectivity index (χ1v) is 7.98. The van der Waals surface area contributed by atoms with E-state index in [1.807, 2.05) is 30.3 Å². The Kier molecular flexibility index (Phi) is 3.70. The fourth-order valence-corrected chi connectivity index (χ4v) is 3.80. The van der Waals surface area contributed by atoms with E-state index in [0.29, 0.717) is 12.2 Å². The number of para-hydroxylation sites is 1. The van der Waals surface area contributed by atoms with Gasteiger partial charge in [0.15, 0.2) is 11.7 Å². The van der Waals surface area contributed by atoms with Crippen molar-refractivity contribution in [1.29, 1.82) is 0 Å².